The number of nitrogens with zero attached hydrogens (tertiary/aromatic N) is 3. The molecule has 2 N–H and O–H groups in total. The molecule has 1 aromatic carbocycles. The first kappa shape index (κ1) is 17.5. The van der Waals surface area contributed by atoms with Crippen molar-refractivity contribution in [3.63, 3.8) is 0 Å². The van der Waals surface area contributed by atoms with Crippen LogP contribution in [0.2, 0.25) is 0 Å². The van der Waals surface area contributed by atoms with Crippen LogP contribution in [0, 0.1) is 5.92 Å². The molecule has 6 nitrogen and oxygen atoms in total. The Morgan fingerprint density at radius 1 is 1.19 bits per heavy atom. The van der Waals surface area contributed by atoms with Crippen LogP contribution < -0.4 is 5.32 Å². The summed E-state index contributed by atoms with van der Waals surface area (Å²) < 4.78 is 1.78. The minimum Gasteiger partial charge on any atom is -0.309 e. The van der Waals surface area contributed by atoms with Crippen LogP contribution in [-0.2, 0) is 17.6 Å². The van der Waals surface area contributed by atoms with E-state index in [9.17, 15) is 4.79 Å². The van der Waals surface area contributed by atoms with E-state index in [-0.39, 0.29) is 12.3 Å². The zero-order valence-electron chi connectivity index (χ0n) is 15.4. The summed E-state index contributed by atoms with van der Waals surface area (Å²) in [6.07, 6.45) is 11.5. The lowest BCUT2D eigenvalue weighted by atomic mass is 9.86. The number of hydrogen-bond acceptors (Lipinski definition) is 3. The van der Waals surface area contributed by atoms with Crippen LogP contribution in [0.15, 0.2) is 48.8 Å². The molecule has 0 aliphatic heterocycles. The van der Waals surface area contributed by atoms with E-state index >= 15 is 0 Å². The summed E-state index contributed by atoms with van der Waals surface area (Å²) in [5.74, 6) is 1.26. The van der Waals surface area contributed by atoms with Gasteiger partial charge in [-0.2, -0.15) is 10.2 Å². The van der Waals surface area contributed by atoms with Crippen LogP contribution in [0.1, 0.15) is 43.4 Å². The highest BCUT2D eigenvalue weighted by Gasteiger charge is 2.16. The summed E-state index contributed by atoms with van der Waals surface area (Å²) in [4.78, 5) is 12.3. The first-order valence-electron chi connectivity index (χ1n) is 9.69. The summed E-state index contributed by atoms with van der Waals surface area (Å²) in [6, 6.07) is 11.8. The van der Waals surface area contributed by atoms with Crippen molar-refractivity contribution in [1.29, 1.82) is 0 Å². The molecule has 0 unspecified atom stereocenters. The van der Waals surface area contributed by atoms with Crippen molar-refractivity contribution < 1.29 is 4.79 Å². The largest absolute Gasteiger partial charge is 0.309 e. The van der Waals surface area contributed by atoms with E-state index in [4.69, 9.17) is 0 Å². The van der Waals surface area contributed by atoms with E-state index in [1.54, 1.807) is 10.9 Å². The van der Waals surface area contributed by atoms with Crippen molar-refractivity contribution in [2.24, 2.45) is 5.92 Å². The van der Waals surface area contributed by atoms with Gasteiger partial charge >= 0.3 is 0 Å². The number of aromatic nitrogens is 4. The molecule has 4 rings (SSSR count). The van der Waals surface area contributed by atoms with Crippen LogP contribution in [0.5, 0.6) is 0 Å². The third kappa shape index (κ3) is 4.64. The molecule has 1 amide bonds. The molecular formula is C21H25N5O. The number of carbonyl (C=O) groups is 1. The monoisotopic (exact) mass is 363 g/mol. The Labute approximate surface area is 159 Å². The van der Waals surface area contributed by atoms with Gasteiger partial charge in [-0.3, -0.25) is 9.89 Å². The van der Waals surface area contributed by atoms with Gasteiger partial charge in [0.25, 0.3) is 0 Å². The number of anilines is 1. The van der Waals surface area contributed by atoms with E-state index < -0.39 is 0 Å². The highest BCUT2D eigenvalue weighted by Crippen LogP contribution is 2.26. The van der Waals surface area contributed by atoms with Gasteiger partial charge in [0, 0.05) is 18.0 Å². The lowest BCUT2D eigenvalue weighted by Crippen LogP contribution is -2.14. The second-order valence-electron chi connectivity index (χ2n) is 7.34. The Bertz CT molecular complexity index is 877. The number of hydrogen-bond donors (Lipinski definition) is 2. The molecule has 1 saturated carbocycles. The van der Waals surface area contributed by atoms with Crippen LogP contribution in [0.3, 0.4) is 0 Å². The third-order valence-corrected chi connectivity index (χ3v) is 5.15. The quantitative estimate of drug-likeness (QED) is 0.697. The molecule has 1 fully saturated rings. The smallest absolute Gasteiger partial charge is 0.230 e. The molecule has 140 valence electrons. The van der Waals surface area contributed by atoms with Crippen LogP contribution in [0.4, 0.5) is 5.82 Å². The Morgan fingerprint density at radius 2 is 2.00 bits per heavy atom. The summed E-state index contributed by atoms with van der Waals surface area (Å²) in [6.45, 7) is 0. The zero-order chi connectivity index (χ0) is 18.5. The van der Waals surface area contributed by atoms with E-state index in [0.717, 1.165) is 29.3 Å². The van der Waals surface area contributed by atoms with Gasteiger partial charge in [0.1, 0.15) is 0 Å². The maximum atomic E-state index is 12.3. The third-order valence-electron chi connectivity index (χ3n) is 5.15. The lowest BCUT2D eigenvalue weighted by molar-refractivity contribution is -0.115. The van der Waals surface area contributed by atoms with Gasteiger partial charge in [0.05, 0.1) is 18.3 Å². The highest BCUT2D eigenvalue weighted by atomic mass is 16.1. The SMILES string of the molecule is O=C(Cc1cnn(-c2ccccc2)c1)Nc1cc(CC2CCCCC2)[nH]n1. The number of benzene rings is 1. The van der Waals surface area contributed by atoms with Crippen LogP contribution in [-0.4, -0.2) is 25.9 Å². The van der Waals surface area contributed by atoms with Gasteiger partial charge in [-0.15, -0.1) is 0 Å². The van der Waals surface area contributed by atoms with Gasteiger partial charge in [0.15, 0.2) is 5.82 Å². The minimum absolute atomic E-state index is 0.0849. The number of nitrogens with one attached hydrogen (secondary N) is 2. The molecular weight excluding hydrogens is 338 g/mol. The standard InChI is InChI=1S/C21H25N5O/c27-21(12-17-14-22-26(15-17)19-9-5-2-6-10-19)23-20-13-18(24-25-20)11-16-7-3-1-4-8-16/h2,5-6,9-10,13-16H,1,3-4,7-8,11-12H2,(H2,23,24,25,27). The summed E-state index contributed by atoms with van der Waals surface area (Å²) in [5.41, 5.74) is 2.95. The fraction of sp³-hybridized carbons (Fsp3) is 0.381. The van der Waals surface area contributed by atoms with Crippen LogP contribution >= 0.6 is 0 Å². The van der Waals surface area contributed by atoms with Gasteiger partial charge in [-0.05, 0) is 30.0 Å². The second-order valence-corrected chi connectivity index (χ2v) is 7.34. The van der Waals surface area contributed by atoms with Crippen molar-refractivity contribution in [3.8, 4) is 5.69 Å². The maximum absolute atomic E-state index is 12.3. The molecule has 1 aliphatic rings. The lowest BCUT2D eigenvalue weighted by Gasteiger charge is -2.20. The summed E-state index contributed by atoms with van der Waals surface area (Å²) >= 11 is 0. The number of H-pyrrole nitrogens is 1. The van der Waals surface area contributed by atoms with E-state index in [0.29, 0.717) is 5.82 Å². The number of para-hydroxylation sites is 1. The molecule has 6 heteroatoms. The predicted octanol–water partition coefficient (Wildman–Crippen LogP) is 3.90. The first-order chi connectivity index (χ1) is 13.3. The predicted molar refractivity (Wildman–Crippen MR) is 105 cm³/mol. The van der Waals surface area contributed by atoms with Gasteiger partial charge in [0.2, 0.25) is 5.91 Å². The molecule has 2 heterocycles. The van der Waals surface area contributed by atoms with Crippen LogP contribution in [0.25, 0.3) is 5.69 Å². The fourth-order valence-corrected chi connectivity index (χ4v) is 3.78. The number of carbonyl (C=O) groups excluding carboxylic acids is 1. The van der Waals surface area contributed by atoms with E-state index in [2.05, 4.69) is 20.6 Å². The summed E-state index contributed by atoms with van der Waals surface area (Å²) in [5, 5.41) is 14.5. The fourth-order valence-electron chi connectivity index (χ4n) is 3.78. The number of rotatable bonds is 6. The number of amides is 1. The molecule has 0 radical (unpaired) electrons. The van der Waals surface area contributed by atoms with Crippen molar-refractivity contribution in [2.75, 3.05) is 5.32 Å². The van der Waals surface area contributed by atoms with Gasteiger partial charge in [-0.1, -0.05) is 50.3 Å². The average Bonchev–Trinajstić information content (AvgIpc) is 3.33. The molecule has 27 heavy (non-hydrogen) atoms. The normalized spacial score (nSPS) is 15.0. The molecule has 0 spiro atoms. The Balaban J connectivity index is 1.31. The van der Waals surface area contributed by atoms with E-state index in [1.807, 2.05) is 42.6 Å². The minimum atomic E-state index is -0.0849. The molecule has 0 atom stereocenters. The Kier molecular flexibility index (Phi) is 5.32. The zero-order valence-corrected chi connectivity index (χ0v) is 15.4. The second kappa shape index (κ2) is 8.20. The average molecular weight is 363 g/mol. The van der Waals surface area contributed by atoms with Gasteiger partial charge < -0.3 is 5.32 Å². The Hall–Kier alpha value is -2.89. The van der Waals surface area contributed by atoms with E-state index in [1.165, 1.54) is 32.1 Å². The van der Waals surface area contributed by atoms with Crippen molar-refractivity contribution in [2.45, 2.75) is 44.9 Å². The Morgan fingerprint density at radius 3 is 2.81 bits per heavy atom. The number of aromatic amines is 1. The van der Waals surface area contributed by atoms with Crippen molar-refractivity contribution in [3.05, 3.63) is 60.0 Å². The molecule has 2 aromatic heterocycles. The maximum Gasteiger partial charge on any atom is 0.230 e. The topological polar surface area (TPSA) is 75.6 Å². The summed E-state index contributed by atoms with van der Waals surface area (Å²) in [7, 11) is 0. The molecule has 1 aliphatic carbocycles. The molecule has 0 bridgehead atoms. The van der Waals surface area contributed by atoms with Crippen molar-refractivity contribution in [1.82, 2.24) is 20.0 Å². The first-order valence-corrected chi connectivity index (χ1v) is 9.69. The van der Waals surface area contributed by atoms with Gasteiger partial charge in [-0.25, -0.2) is 4.68 Å². The molecule has 3 aromatic rings. The molecule has 0 saturated heterocycles. The van der Waals surface area contributed by atoms with Crippen molar-refractivity contribution >= 4 is 11.7 Å². The highest BCUT2D eigenvalue weighted by molar-refractivity contribution is 5.91.